The van der Waals surface area contributed by atoms with Crippen molar-refractivity contribution in [2.75, 3.05) is 13.1 Å². The normalized spacial score (nSPS) is 17.2. The van der Waals surface area contributed by atoms with Gasteiger partial charge < -0.3 is 4.98 Å². The van der Waals surface area contributed by atoms with Gasteiger partial charge in [-0.3, -0.25) is 9.58 Å². The molecule has 1 aliphatic rings. The highest BCUT2D eigenvalue weighted by Crippen LogP contribution is 2.40. The molecule has 1 atom stereocenters. The van der Waals surface area contributed by atoms with E-state index in [0.29, 0.717) is 5.56 Å². The van der Waals surface area contributed by atoms with Crippen molar-refractivity contribution in [3.63, 3.8) is 0 Å². The van der Waals surface area contributed by atoms with Crippen LogP contribution in [0.4, 0.5) is 13.2 Å². The van der Waals surface area contributed by atoms with E-state index in [1.807, 2.05) is 35.1 Å². The third-order valence-electron chi connectivity index (χ3n) is 6.06. The maximum absolute atomic E-state index is 13.4. The zero-order chi connectivity index (χ0) is 21.4. The summed E-state index contributed by atoms with van der Waals surface area (Å²) < 4.78 is 42.2. The summed E-state index contributed by atoms with van der Waals surface area (Å²) in [6.07, 6.45) is 1.06. The number of nitrogens with one attached hydrogen (secondary N) is 1. The van der Waals surface area contributed by atoms with Crippen LogP contribution in [0.1, 0.15) is 34.8 Å². The van der Waals surface area contributed by atoms with Gasteiger partial charge >= 0.3 is 6.18 Å². The van der Waals surface area contributed by atoms with Crippen molar-refractivity contribution < 1.29 is 13.2 Å². The Labute approximate surface area is 178 Å². The number of aromatic nitrogens is 3. The Balaban J connectivity index is 1.52. The summed E-state index contributed by atoms with van der Waals surface area (Å²) in [5.41, 5.74) is 3.31. The molecule has 4 aromatic rings. The van der Waals surface area contributed by atoms with E-state index in [9.17, 15) is 13.2 Å². The number of fused-ring (bicyclic) bond motifs is 3. The number of nitrogens with zero attached hydrogens (tertiary/aromatic N) is 3. The molecular formula is C24H23F3N4. The van der Waals surface area contributed by atoms with E-state index < -0.39 is 11.7 Å². The molecule has 0 bridgehead atoms. The number of alkyl halides is 3. The first kappa shape index (κ1) is 19.9. The number of halogens is 3. The molecule has 160 valence electrons. The van der Waals surface area contributed by atoms with Crippen LogP contribution >= 0.6 is 0 Å². The van der Waals surface area contributed by atoms with Crippen LogP contribution in [0.5, 0.6) is 0 Å². The molecule has 3 heterocycles. The monoisotopic (exact) mass is 424 g/mol. The smallest absolute Gasteiger partial charge is 0.357 e. The van der Waals surface area contributed by atoms with E-state index >= 15 is 0 Å². The average molecular weight is 424 g/mol. The Morgan fingerprint density at radius 2 is 1.90 bits per heavy atom. The standard InChI is InChI=1S/C24H23F3N4/c25-24(26,27)18-7-3-6-17(16-18)23-22-20(19-8-1-2-9-21(19)29-22)10-15-30(23)12-5-14-31-13-4-11-28-31/h1-4,6-9,11,13,16,23,29H,5,10,12,14-15H2. The fraction of sp³-hybridized carbons (Fsp3) is 0.292. The van der Waals surface area contributed by atoms with E-state index in [4.69, 9.17) is 0 Å². The second kappa shape index (κ2) is 7.89. The first-order valence-corrected chi connectivity index (χ1v) is 10.5. The van der Waals surface area contributed by atoms with Gasteiger partial charge in [-0.1, -0.05) is 30.3 Å². The molecule has 0 radical (unpaired) electrons. The minimum atomic E-state index is -4.36. The van der Waals surface area contributed by atoms with Crippen molar-refractivity contribution in [1.29, 1.82) is 0 Å². The van der Waals surface area contributed by atoms with Crippen molar-refractivity contribution in [3.05, 3.63) is 89.4 Å². The molecule has 2 aromatic heterocycles. The molecule has 1 aliphatic heterocycles. The molecule has 7 heteroatoms. The number of para-hydroxylation sites is 1. The number of hydrogen-bond acceptors (Lipinski definition) is 2. The van der Waals surface area contributed by atoms with Gasteiger partial charge in [0.15, 0.2) is 0 Å². The number of rotatable bonds is 5. The molecule has 0 saturated carbocycles. The SMILES string of the molecule is FC(F)(F)c1cccc(C2c3[nH]c4ccccc4c3CCN2CCCn2cccn2)c1. The third kappa shape index (κ3) is 3.85. The van der Waals surface area contributed by atoms with Crippen molar-refractivity contribution in [2.24, 2.45) is 0 Å². The van der Waals surface area contributed by atoms with Crippen LogP contribution in [0.25, 0.3) is 10.9 Å². The topological polar surface area (TPSA) is 36.9 Å². The fourth-order valence-electron chi connectivity index (χ4n) is 4.66. The molecule has 2 aromatic carbocycles. The van der Waals surface area contributed by atoms with E-state index in [1.54, 1.807) is 12.3 Å². The van der Waals surface area contributed by atoms with Gasteiger partial charge in [0.05, 0.1) is 11.6 Å². The van der Waals surface area contributed by atoms with Gasteiger partial charge in [-0.15, -0.1) is 0 Å². The van der Waals surface area contributed by atoms with Crippen molar-refractivity contribution in [1.82, 2.24) is 19.7 Å². The lowest BCUT2D eigenvalue weighted by Gasteiger charge is -2.36. The van der Waals surface area contributed by atoms with Crippen LogP contribution < -0.4 is 0 Å². The quantitative estimate of drug-likeness (QED) is 0.464. The van der Waals surface area contributed by atoms with Crippen LogP contribution in [0.3, 0.4) is 0 Å². The van der Waals surface area contributed by atoms with Gasteiger partial charge in [0.25, 0.3) is 0 Å². The number of aromatic amines is 1. The van der Waals surface area contributed by atoms with Gasteiger partial charge in [-0.2, -0.15) is 18.3 Å². The van der Waals surface area contributed by atoms with Crippen LogP contribution in [-0.2, 0) is 19.1 Å². The Bertz CT molecular complexity index is 1180. The van der Waals surface area contributed by atoms with Crippen LogP contribution in [0.2, 0.25) is 0 Å². The maximum atomic E-state index is 13.4. The van der Waals surface area contributed by atoms with Gasteiger partial charge in [0.2, 0.25) is 0 Å². The summed E-state index contributed by atoms with van der Waals surface area (Å²) in [7, 11) is 0. The third-order valence-corrected chi connectivity index (χ3v) is 6.06. The highest BCUT2D eigenvalue weighted by atomic mass is 19.4. The molecule has 0 amide bonds. The molecule has 31 heavy (non-hydrogen) atoms. The predicted octanol–water partition coefficient (Wildman–Crippen LogP) is 5.42. The van der Waals surface area contributed by atoms with Crippen LogP contribution in [-0.4, -0.2) is 32.8 Å². The van der Waals surface area contributed by atoms with Crippen molar-refractivity contribution in [3.8, 4) is 0 Å². The summed E-state index contributed by atoms with van der Waals surface area (Å²) in [5.74, 6) is 0. The fourth-order valence-corrected chi connectivity index (χ4v) is 4.66. The first-order valence-electron chi connectivity index (χ1n) is 10.5. The predicted molar refractivity (Wildman–Crippen MR) is 114 cm³/mol. The Hall–Kier alpha value is -3.06. The largest absolute Gasteiger partial charge is 0.416 e. The lowest BCUT2D eigenvalue weighted by Crippen LogP contribution is -2.37. The van der Waals surface area contributed by atoms with E-state index in [-0.39, 0.29) is 6.04 Å². The van der Waals surface area contributed by atoms with E-state index in [0.717, 1.165) is 55.1 Å². The molecule has 4 nitrogen and oxygen atoms in total. The lowest BCUT2D eigenvalue weighted by atomic mass is 9.91. The molecule has 5 rings (SSSR count). The van der Waals surface area contributed by atoms with Crippen molar-refractivity contribution in [2.45, 2.75) is 31.6 Å². The zero-order valence-electron chi connectivity index (χ0n) is 16.9. The summed E-state index contributed by atoms with van der Waals surface area (Å²) in [4.78, 5) is 5.80. The second-order valence-corrected chi connectivity index (χ2v) is 8.00. The second-order valence-electron chi connectivity index (χ2n) is 8.00. The Morgan fingerprint density at radius 1 is 1.03 bits per heavy atom. The minimum absolute atomic E-state index is 0.240. The number of H-pyrrole nitrogens is 1. The zero-order valence-corrected chi connectivity index (χ0v) is 16.9. The summed E-state index contributed by atoms with van der Waals surface area (Å²) in [6.45, 7) is 2.35. The number of hydrogen-bond donors (Lipinski definition) is 1. The van der Waals surface area contributed by atoms with Gasteiger partial charge in [-0.05, 0) is 48.2 Å². The van der Waals surface area contributed by atoms with Crippen molar-refractivity contribution >= 4 is 10.9 Å². The molecule has 0 spiro atoms. The highest BCUT2D eigenvalue weighted by Gasteiger charge is 2.34. The molecular weight excluding hydrogens is 401 g/mol. The summed E-state index contributed by atoms with van der Waals surface area (Å²) in [6, 6.07) is 15.5. The van der Waals surface area contributed by atoms with E-state index in [2.05, 4.69) is 21.0 Å². The number of benzene rings is 2. The summed E-state index contributed by atoms with van der Waals surface area (Å²) in [5, 5.41) is 5.40. The Kier molecular flexibility index (Phi) is 5.06. The maximum Gasteiger partial charge on any atom is 0.416 e. The van der Waals surface area contributed by atoms with Gasteiger partial charge in [0.1, 0.15) is 0 Å². The summed E-state index contributed by atoms with van der Waals surface area (Å²) >= 11 is 0. The molecule has 1 N–H and O–H groups in total. The molecule has 0 fully saturated rings. The van der Waals surface area contributed by atoms with Gasteiger partial charge in [-0.25, -0.2) is 0 Å². The molecule has 1 unspecified atom stereocenters. The Morgan fingerprint density at radius 3 is 2.71 bits per heavy atom. The molecule has 0 saturated heterocycles. The van der Waals surface area contributed by atoms with Crippen LogP contribution in [0.15, 0.2) is 67.0 Å². The van der Waals surface area contributed by atoms with Gasteiger partial charge in [0, 0.05) is 48.6 Å². The lowest BCUT2D eigenvalue weighted by molar-refractivity contribution is -0.137. The van der Waals surface area contributed by atoms with E-state index in [1.165, 1.54) is 17.7 Å². The molecule has 0 aliphatic carbocycles. The number of aryl methyl sites for hydroxylation is 1. The van der Waals surface area contributed by atoms with Crippen LogP contribution in [0, 0.1) is 0 Å². The first-order chi connectivity index (χ1) is 15.0. The minimum Gasteiger partial charge on any atom is -0.357 e. The average Bonchev–Trinajstić information content (AvgIpc) is 3.40. The highest BCUT2D eigenvalue weighted by molar-refractivity contribution is 5.85.